The van der Waals surface area contributed by atoms with Crippen molar-refractivity contribution in [2.75, 3.05) is 30.8 Å². The van der Waals surface area contributed by atoms with Crippen LogP contribution >= 0.6 is 0 Å². The number of benzene rings is 2. The molecule has 0 spiro atoms. The number of carbonyl (C=O) groups excluding carboxylic acids is 1. The zero-order valence-corrected chi connectivity index (χ0v) is 27.2. The number of nitrogen functional groups attached to an aromatic ring is 1. The number of hydrogen-bond acceptors (Lipinski definition) is 7. The van der Waals surface area contributed by atoms with E-state index in [-0.39, 0.29) is 55.9 Å². The van der Waals surface area contributed by atoms with Crippen molar-refractivity contribution in [3.8, 4) is 22.4 Å². The molecule has 230 valence electrons. The Hall–Kier alpha value is -3.48. The topological polar surface area (TPSA) is 99.2 Å². The summed E-state index contributed by atoms with van der Waals surface area (Å²) in [7, 11) is 1.32. The van der Waals surface area contributed by atoms with E-state index in [4.69, 9.17) is 10.5 Å². The van der Waals surface area contributed by atoms with Gasteiger partial charge in [-0.15, -0.1) is 6.54 Å². The maximum atomic E-state index is 13.8. The molecule has 0 bridgehead atoms. The Morgan fingerprint density at radius 1 is 1.07 bits per heavy atom. The zero-order chi connectivity index (χ0) is 29.3. The van der Waals surface area contributed by atoms with Gasteiger partial charge in [0.1, 0.15) is 29.6 Å². The van der Waals surface area contributed by atoms with Gasteiger partial charge >= 0.3 is 41.7 Å². The minimum absolute atomic E-state index is 0. The van der Waals surface area contributed by atoms with E-state index in [0.717, 1.165) is 17.7 Å². The van der Waals surface area contributed by atoms with Crippen LogP contribution in [0.3, 0.4) is 0 Å². The molecule has 8 nitrogen and oxygen atoms in total. The Labute approximate surface area is 277 Å². The third-order valence-electron chi connectivity index (χ3n) is 7.23. The Morgan fingerprint density at radius 3 is 2.30 bits per heavy atom. The average molecular weight is 621 g/mol. The van der Waals surface area contributed by atoms with Crippen molar-refractivity contribution in [3.05, 3.63) is 99.5 Å². The molecule has 2 aromatic heterocycles. The smallest absolute Gasteiger partial charge is 0.465 e. The van der Waals surface area contributed by atoms with Gasteiger partial charge in [0, 0.05) is 30.8 Å². The molecule has 13 heteroatoms. The number of hydrogen-bond donors (Lipinski definition) is 1. The molecular formula is C31H33F4N6NaO2-2. The molecule has 0 saturated carbocycles. The van der Waals surface area contributed by atoms with Crippen LogP contribution < -0.4 is 40.2 Å². The number of nitrogens with two attached hydrogens (primary N) is 1. The van der Waals surface area contributed by atoms with E-state index >= 15 is 0 Å². The van der Waals surface area contributed by atoms with E-state index in [1.165, 1.54) is 19.5 Å². The fourth-order valence-corrected chi connectivity index (χ4v) is 5.12. The van der Waals surface area contributed by atoms with Crippen LogP contribution in [0.5, 0.6) is 0 Å². The SMILES string of the molecule is [CH2-]Cn1cc(-c2ccc(F)c(C(F)(F)F)c2)nc1C1CCN(c2ncnc(N)c2-c2ccc(C(=O)OC)cc2)CC1.[CH3-].[CH3-].[Na+]. The van der Waals surface area contributed by atoms with Crippen molar-refractivity contribution in [1.29, 1.82) is 0 Å². The number of imidazole rings is 1. The molecule has 0 aliphatic carbocycles. The van der Waals surface area contributed by atoms with E-state index in [1.54, 1.807) is 30.5 Å². The summed E-state index contributed by atoms with van der Waals surface area (Å²) in [6, 6.07) is 9.74. The first-order valence-electron chi connectivity index (χ1n) is 12.9. The maximum Gasteiger partial charge on any atom is 1.00 e. The molecular weight excluding hydrogens is 587 g/mol. The summed E-state index contributed by atoms with van der Waals surface area (Å²) in [5.41, 5.74) is 7.26. The van der Waals surface area contributed by atoms with E-state index in [2.05, 4.69) is 26.8 Å². The van der Waals surface area contributed by atoms with Crippen molar-refractivity contribution in [3.63, 3.8) is 0 Å². The van der Waals surface area contributed by atoms with Crippen molar-refractivity contribution in [2.45, 2.75) is 31.5 Å². The second-order valence-corrected chi connectivity index (χ2v) is 9.66. The van der Waals surface area contributed by atoms with Gasteiger partial charge in [0.05, 0.1) is 29.5 Å². The minimum atomic E-state index is -4.81. The van der Waals surface area contributed by atoms with Crippen LogP contribution in [0, 0.1) is 27.6 Å². The molecule has 2 aromatic carbocycles. The normalized spacial score (nSPS) is 13.4. The fraction of sp³-hybridized carbons (Fsp3) is 0.258. The van der Waals surface area contributed by atoms with Gasteiger partial charge in [-0.1, -0.05) is 12.1 Å². The summed E-state index contributed by atoms with van der Waals surface area (Å²) in [6.07, 6.45) is -0.361. The van der Waals surface area contributed by atoms with Crippen LogP contribution in [0.1, 0.15) is 40.5 Å². The van der Waals surface area contributed by atoms with E-state index in [0.29, 0.717) is 66.8 Å². The summed E-state index contributed by atoms with van der Waals surface area (Å²) in [4.78, 5) is 27.3. The molecule has 0 unspecified atom stereocenters. The van der Waals surface area contributed by atoms with Crippen LogP contribution in [0.15, 0.2) is 55.0 Å². The number of anilines is 2. The van der Waals surface area contributed by atoms with Crippen molar-refractivity contribution in [1.82, 2.24) is 19.5 Å². The number of rotatable bonds is 6. The first-order chi connectivity index (χ1) is 19.6. The van der Waals surface area contributed by atoms with Crippen LogP contribution in [0.2, 0.25) is 0 Å². The van der Waals surface area contributed by atoms with Gasteiger partial charge in [-0.3, -0.25) is 0 Å². The Bertz CT molecular complexity index is 1570. The molecule has 2 N–H and O–H groups in total. The minimum Gasteiger partial charge on any atom is -0.465 e. The molecule has 0 amide bonds. The van der Waals surface area contributed by atoms with Crippen LogP contribution in [-0.4, -0.2) is 45.7 Å². The van der Waals surface area contributed by atoms with E-state index in [9.17, 15) is 22.4 Å². The molecule has 0 atom stereocenters. The van der Waals surface area contributed by atoms with Crippen LogP contribution in [0.4, 0.5) is 29.2 Å². The van der Waals surface area contributed by atoms with Crippen molar-refractivity contribution in [2.24, 2.45) is 0 Å². The third-order valence-corrected chi connectivity index (χ3v) is 7.23. The summed E-state index contributed by atoms with van der Waals surface area (Å²) < 4.78 is 60.2. The number of ether oxygens (including phenoxy) is 1. The first kappa shape index (κ1) is 36.7. The number of piperidine rings is 1. The number of methoxy groups -OCH3 is 1. The van der Waals surface area contributed by atoms with Gasteiger partial charge in [0.25, 0.3) is 0 Å². The number of alkyl halides is 3. The number of halogens is 4. The van der Waals surface area contributed by atoms with Crippen molar-refractivity contribution >= 4 is 17.6 Å². The Kier molecular flexibility index (Phi) is 12.5. The molecule has 0 radical (unpaired) electrons. The molecule has 1 fully saturated rings. The van der Waals surface area contributed by atoms with Gasteiger partial charge in [-0.2, -0.15) is 13.2 Å². The predicted molar refractivity (Wildman–Crippen MR) is 158 cm³/mol. The molecule has 1 aliphatic heterocycles. The molecule has 1 saturated heterocycles. The van der Waals surface area contributed by atoms with Gasteiger partial charge in [0.15, 0.2) is 0 Å². The zero-order valence-electron chi connectivity index (χ0n) is 25.2. The second kappa shape index (κ2) is 15.0. The van der Waals surface area contributed by atoms with Crippen LogP contribution in [0.25, 0.3) is 22.4 Å². The second-order valence-electron chi connectivity index (χ2n) is 9.66. The van der Waals surface area contributed by atoms with Gasteiger partial charge in [-0.05, 0) is 48.7 Å². The number of aromatic nitrogens is 4. The summed E-state index contributed by atoms with van der Waals surface area (Å²) in [5.74, 6) is -0.0685. The molecule has 44 heavy (non-hydrogen) atoms. The number of esters is 1. The summed E-state index contributed by atoms with van der Waals surface area (Å²) in [5, 5.41) is 0. The Morgan fingerprint density at radius 2 is 1.70 bits per heavy atom. The first-order valence-corrected chi connectivity index (χ1v) is 12.9. The van der Waals surface area contributed by atoms with Gasteiger partial charge in [0.2, 0.25) is 0 Å². The van der Waals surface area contributed by atoms with Gasteiger partial charge < -0.3 is 41.7 Å². The average Bonchev–Trinajstić information content (AvgIpc) is 3.41. The van der Waals surface area contributed by atoms with Gasteiger partial charge in [-0.25, -0.2) is 24.1 Å². The fourth-order valence-electron chi connectivity index (χ4n) is 5.12. The standard InChI is InChI=1S/C29H27F4N6O2.2CH3.Na/c1-3-38-15-23(20-8-9-22(30)21(14-20)29(31,32)33)37-26(38)18-10-12-39(13-11-18)27-24(25(34)35-16-36-27)17-4-6-19(7-5-17)28(40)41-2;;;/h4-9,14-16,18H,1,3,10-13H2,2H3,(H2,34,35,36);2*1H3;/q3*-1;+1. The van der Waals surface area contributed by atoms with E-state index in [1.807, 2.05) is 4.57 Å². The van der Waals surface area contributed by atoms with Crippen LogP contribution in [-0.2, 0) is 17.5 Å². The quantitative estimate of drug-likeness (QED) is 0.152. The van der Waals surface area contributed by atoms with E-state index < -0.39 is 23.5 Å². The summed E-state index contributed by atoms with van der Waals surface area (Å²) in [6.45, 7) is 5.51. The van der Waals surface area contributed by atoms with Crippen molar-refractivity contribution < 1.29 is 56.7 Å². The largest absolute Gasteiger partial charge is 1.00 e. The molecule has 3 heterocycles. The molecule has 4 aromatic rings. The summed E-state index contributed by atoms with van der Waals surface area (Å²) >= 11 is 0. The monoisotopic (exact) mass is 620 g/mol. The maximum absolute atomic E-state index is 13.8. The number of nitrogens with zero attached hydrogens (tertiary/aromatic N) is 5. The number of carbonyl (C=O) groups is 1. The molecule has 5 rings (SSSR count). The Balaban J connectivity index is 0.00000225. The third kappa shape index (κ3) is 7.41. The predicted octanol–water partition coefficient (Wildman–Crippen LogP) is 3.66. The molecule has 1 aliphatic rings.